The van der Waals surface area contributed by atoms with Gasteiger partial charge >= 0.3 is 0 Å². The Morgan fingerprint density at radius 1 is 0.857 bits per heavy atom. The summed E-state index contributed by atoms with van der Waals surface area (Å²) in [5, 5.41) is 2.98. The molecular weight excluding hydrogens is 510 g/mol. The molecule has 0 atom stereocenters. The van der Waals surface area contributed by atoms with Crippen molar-refractivity contribution in [3.05, 3.63) is 88.9 Å². The number of rotatable bonds is 8. The van der Waals surface area contributed by atoms with Crippen molar-refractivity contribution in [2.75, 3.05) is 23.1 Å². The van der Waals surface area contributed by atoms with E-state index in [1.165, 1.54) is 28.6 Å². The summed E-state index contributed by atoms with van der Waals surface area (Å²) in [6, 6.07) is 18.6. The van der Waals surface area contributed by atoms with Crippen LogP contribution < -0.4 is 10.0 Å². The molecule has 4 rings (SSSR count). The van der Waals surface area contributed by atoms with Crippen molar-refractivity contribution < 1.29 is 21.6 Å². The van der Waals surface area contributed by atoms with Crippen LogP contribution in [0, 0.1) is 0 Å². The second kappa shape index (κ2) is 10.4. The number of halogens is 1. The van der Waals surface area contributed by atoms with Gasteiger partial charge in [0.2, 0.25) is 10.0 Å². The van der Waals surface area contributed by atoms with Gasteiger partial charge in [-0.2, -0.15) is 0 Å². The summed E-state index contributed by atoms with van der Waals surface area (Å²) >= 11 is 6.02. The summed E-state index contributed by atoms with van der Waals surface area (Å²) < 4.78 is 54.1. The van der Waals surface area contributed by atoms with Crippen molar-refractivity contribution in [1.29, 1.82) is 0 Å². The first kappa shape index (κ1) is 25.2. The summed E-state index contributed by atoms with van der Waals surface area (Å²) in [6.45, 7) is 1.11. The van der Waals surface area contributed by atoms with E-state index in [2.05, 4.69) is 10.0 Å². The maximum atomic E-state index is 12.6. The van der Waals surface area contributed by atoms with Crippen LogP contribution in [0.15, 0.2) is 77.7 Å². The molecule has 0 aliphatic carbocycles. The smallest absolute Gasteiger partial charge is 0.261 e. The highest BCUT2D eigenvalue weighted by atomic mass is 35.5. The van der Waals surface area contributed by atoms with Gasteiger partial charge in [-0.3, -0.25) is 9.52 Å². The van der Waals surface area contributed by atoms with Gasteiger partial charge in [0, 0.05) is 24.3 Å². The molecule has 0 aromatic heterocycles. The number of hydrogen-bond acceptors (Lipinski definition) is 5. The Morgan fingerprint density at radius 2 is 1.49 bits per heavy atom. The van der Waals surface area contributed by atoms with Crippen molar-refractivity contribution in [3.8, 4) is 0 Å². The predicted molar refractivity (Wildman–Crippen MR) is 137 cm³/mol. The maximum Gasteiger partial charge on any atom is 0.261 e. The molecule has 3 aromatic rings. The Labute approximate surface area is 210 Å². The summed E-state index contributed by atoms with van der Waals surface area (Å²) in [6.07, 6.45) is 1.76. The molecule has 1 saturated heterocycles. The van der Waals surface area contributed by atoms with Crippen LogP contribution in [0.1, 0.15) is 28.8 Å². The maximum absolute atomic E-state index is 12.6. The van der Waals surface area contributed by atoms with Crippen LogP contribution in [-0.4, -0.2) is 40.1 Å². The third kappa shape index (κ3) is 6.21. The quantitative estimate of drug-likeness (QED) is 0.448. The standard InChI is InChI=1S/C24H24ClN3O5S2/c25-22-5-1-2-6-23(22)27-35(32,33)21-13-11-20(12-14-21)26-24(29)19-9-7-18(8-10-19)17-34(30,31)28-15-3-4-16-28/h1-2,5-14,27H,3-4,15-17H2,(H,26,29). The van der Waals surface area contributed by atoms with Crippen LogP contribution in [0.2, 0.25) is 5.02 Å². The predicted octanol–water partition coefficient (Wildman–Crippen LogP) is 4.32. The first-order valence-electron chi connectivity index (χ1n) is 10.9. The Kier molecular flexibility index (Phi) is 7.46. The average Bonchev–Trinajstić information content (AvgIpc) is 3.37. The molecule has 8 nitrogen and oxygen atoms in total. The molecular formula is C24H24ClN3O5S2. The lowest BCUT2D eigenvalue weighted by Gasteiger charge is -2.15. The minimum absolute atomic E-state index is 0.0129. The molecule has 1 aliphatic heterocycles. The lowest BCUT2D eigenvalue weighted by atomic mass is 10.1. The zero-order valence-electron chi connectivity index (χ0n) is 18.6. The lowest BCUT2D eigenvalue weighted by molar-refractivity contribution is 0.102. The lowest BCUT2D eigenvalue weighted by Crippen LogP contribution is -2.29. The highest BCUT2D eigenvalue weighted by Crippen LogP contribution is 2.25. The van der Waals surface area contributed by atoms with Crippen molar-refractivity contribution in [2.45, 2.75) is 23.5 Å². The first-order chi connectivity index (χ1) is 16.6. The third-order valence-corrected chi connectivity index (χ3v) is 9.13. The van der Waals surface area contributed by atoms with Crippen LogP contribution >= 0.6 is 11.6 Å². The van der Waals surface area contributed by atoms with Crippen molar-refractivity contribution >= 4 is 48.9 Å². The van der Waals surface area contributed by atoms with Gasteiger partial charge < -0.3 is 5.32 Å². The van der Waals surface area contributed by atoms with E-state index in [0.29, 0.717) is 29.9 Å². The Balaban J connectivity index is 1.39. The molecule has 184 valence electrons. The molecule has 3 aromatic carbocycles. The molecule has 0 unspecified atom stereocenters. The van der Waals surface area contributed by atoms with Gasteiger partial charge in [-0.1, -0.05) is 35.9 Å². The van der Waals surface area contributed by atoms with E-state index in [1.807, 2.05) is 0 Å². The number of nitrogens with zero attached hydrogens (tertiary/aromatic N) is 1. The van der Waals surface area contributed by atoms with Gasteiger partial charge in [-0.15, -0.1) is 0 Å². The fourth-order valence-corrected chi connectivity index (χ4v) is 6.62. The summed E-state index contributed by atoms with van der Waals surface area (Å²) in [7, 11) is -7.22. The monoisotopic (exact) mass is 533 g/mol. The summed E-state index contributed by atoms with van der Waals surface area (Å²) in [5.41, 5.74) is 1.63. The molecule has 0 radical (unpaired) electrons. The minimum Gasteiger partial charge on any atom is -0.322 e. The van der Waals surface area contributed by atoms with Gasteiger partial charge in [0.25, 0.3) is 15.9 Å². The average molecular weight is 534 g/mol. The molecule has 0 spiro atoms. The Hall–Kier alpha value is -2.92. The number of hydrogen-bond donors (Lipinski definition) is 2. The number of benzene rings is 3. The van der Waals surface area contributed by atoms with Crippen LogP contribution in [0.3, 0.4) is 0 Å². The highest BCUT2D eigenvalue weighted by molar-refractivity contribution is 7.92. The van der Waals surface area contributed by atoms with E-state index < -0.39 is 26.0 Å². The van der Waals surface area contributed by atoms with Gasteiger partial charge in [-0.25, -0.2) is 21.1 Å². The van der Waals surface area contributed by atoms with E-state index in [1.54, 1.807) is 48.5 Å². The number of carbonyl (C=O) groups is 1. The number of amides is 1. The number of anilines is 2. The SMILES string of the molecule is O=C(Nc1ccc(S(=O)(=O)Nc2ccccc2Cl)cc1)c1ccc(CS(=O)(=O)N2CCCC2)cc1. The van der Waals surface area contributed by atoms with Gasteiger partial charge in [0.1, 0.15) is 0 Å². The van der Waals surface area contributed by atoms with Gasteiger partial charge in [-0.05, 0) is 66.9 Å². The normalized spacial score (nSPS) is 14.5. The van der Waals surface area contributed by atoms with Crippen molar-refractivity contribution in [2.24, 2.45) is 0 Å². The number of carbonyl (C=O) groups excluding carboxylic acids is 1. The van der Waals surface area contributed by atoms with E-state index in [-0.39, 0.29) is 21.4 Å². The van der Waals surface area contributed by atoms with Gasteiger partial charge in [0.15, 0.2) is 0 Å². The summed E-state index contributed by atoms with van der Waals surface area (Å²) in [5.74, 6) is -0.503. The summed E-state index contributed by atoms with van der Waals surface area (Å²) in [4.78, 5) is 12.6. The van der Waals surface area contributed by atoms with E-state index in [4.69, 9.17) is 11.6 Å². The van der Waals surface area contributed by atoms with Crippen molar-refractivity contribution in [3.63, 3.8) is 0 Å². The third-order valence-electron chi connectivity index (χ3n) is 5.56. The molecule has 1 fully saturated rings. The van der Waals surface area contributed by atoms with E-state index in [9.17, 15) is 21.6 Å². The molecule has 0 bridgehead atoms. The largest absolute Gasteiger partial charge is 0.322 e. The molecule has 1 aliphatic rings. The second-order valence-electron chi connectivity index (χ2n) is 8.12. The highest BCUT2D eigenvalue weighted by Gasteiger charge is 2.25. The number of nitrogens with one attached hydrogen (secondary N) is 2. The number of sulfonamides is 2. The second-order valence-corrected chi connectivity index (χ2v) is 12.2. The zero-order valence-corrected chi connectivity index (χ0v) is 21.0. The topological polar surface area (TPSA) is 113 Å². The minimum atomic E-state index is -3.86. The Bertz CT molecular complexity index is 1420. The van der Waals surface area contributed by atoms with Crippen LogP contribution in [0.25, 0.3) is 0 Å². The molecule has 0 saturated carbocycles. The van der Waals surface area contributed by atoms with E-state index >= 15 is 0 Å². The molecule has 1 amide bonds. The fourth-order valence-electron chi connectivity index (χ4n) is 3.69. The molecule has 2 N–H and O–H groups in total. The first-order valence-corrected chi connectivity index (χ1v) is 14.4. The van der Waals surface area contributed by atoms with Crippen LogP contribution in [0.5, 0.6) is 0 Å². The molecule has 35 heavy (non-hydrogen) atoms. The fraction of sp³-hybridized carbons (Fsp3) is 0.208. The van der Waals surface area contributed by atoms with Gasteiger partial charge in [0.05, 0.1) is 21.4 Å². The number of para-hydroxylation sites is 1. The molecule has 1 heterocycles. The van der Waals surface area contributed by atoms with E-state index in [0.717, 1.165) is 12.8 Å². The van der Waals surface area contributed by atoms with Crippen molar-refractivity contribution in [1.82, 2.24) is 4.31 Å². The van der Waals surface area contributed by atoms with Crippen LogP contribution in [0.4, 0.5) is 11.4 Å². The zero-order chi connectivity index (χ0) is 25.1. The van der Waals surface area contributed by atoms with Crippen LogP contribution in [-0.2, 0) is 25.8 Å². The Morgan fingerprint density at radius 3 is 2.11 bits per heavy atom. The molecule has 11 heteroatoms.